The molecule has 0 heterocycles. The Bertz CT molecular complexity index is 201. The van der Waals surface area contributed by atoms with Crippen LogP contribution in [0.25, 0.3) is 0 Å². The van der Waals surface area contributed by atoms with E-state index in [1.54, 1.807) is 20.8 Å². The van der Waals surface area contributed by atoms with Crippen molar-refractivity contribution in [2.75, 3.05) is 0 Å². The van der Waals surface area contributed by atoms with Crippen molar-refractivity contribution in [1.29, 1.82) is 0 Å². The molecule has 0 fully saturated rings. The van der Waals surface area contributed by atoms with Crippen LogP contribution in [0.2, 0.25) is 0 Å². The lowest BCUT2D eigenvalue weighted by atomic mass is 10.2. The van der Waals surface area contributed by atoms with Gasteiger partial charge < -0.3 is 14.6 Å². The highest BCUT2D eigenvalue weighted by Gasteiger charge is 2.22. The van der Waals surface area contributed by atoms with Crippen LogP contribution < -0.4 is 0 Å². The summed E-state index contributed by atoms with van der Waals surface area (Å²) >= 11 is 0. The zero-order valence-corrected chi connectivity index (χ0v) is 8.16. The van der Waals surface area contributed by atoms with E-state index in [1.165, 1.54) is 6.92 Å². The number of ether oxygens (including phenoxy) is 2. The number of carbonyl (C=O) groups excluding carboxylic acids is 2. The molecule has 5 heteroatoms. The number of aliphatic hydroxyl groups excluding tert-OH is 1. The second-order valence-electron chi connectivity index (χ2n) is 3.56. The molecule has 0 saturated carbocycles. The van der Waals surface area contributed by atoms with Gasteiger partial charge in [0.15, 0.2) is 0 Å². The molecule has 0 bridgehead atoms. The molecule has 0 saturated heterocycles. The molecule has 1 unspecified atom stereocenters. The van der Waals surface area contributed by atoms with Gasteiger partial charge in [-0.2, -0.15) is 0 Å². The smallest absolute Gasteiger partial charge is 0.428 e. The van der Waals surface area contributed by atoms with Crippen molar-refractivity contribution >= 4 is 12.1 Å². The van der Waals surface area contributed by atoms with Gasteiger partial charge in [0.2, 0.25) is 0 Å². The van der Waals surface area contributed by atoms with E-state index in [4.69, 9.17) is 5.11 Å². The van der Waals surface area contributed by atoms with E-state index in [2.05, 4.69) is 9.47 Å². The Balaban J connectivity index is 3.96. The number of rotatable bonds is 1. The summed E-state index contributed by atoms with van der Waals surface area (Å²) in [7, 11) is 0. The third-order valence-corrected chi connectivity index (χ3v) is 0.915. The zero-order chi connectivity index (χ0) is 10.6. The SMILES string of the molecule is CC(O)C(=O)OC(=O)OC(C)(C)C. The second-order valence-corrected chi connectivity index (χ2v) is 3.56. The van der Waals surface area contributed by atoms with Gasteiger partial charge in [0, 0.05) is 0 Å². The lowest BCUT2D eigenvalue weighted by molar-refractivity contribution is -0.149. The fourth-order valence-corrected chi connectivity index (χ4v) is 0.438. The molecule has 0 aromatic heterocycles. The summed E-state index contributed by atoms with van der Waals surface area (Å²) in [4.78, 5) is 21.5. The Morgan fingerprint density at radius 2 is 1.77 bits per heavy atom. The van der Waals surface area contributed by atoms with Gasteiger partial charge in [0.05, 0.1) is 0 Å². The molecule has 0 radical (unpaired) electrons. The van der Waals surface area contributed by atoms with Gasteiger partial charge in [-0.1, -0.05) is 0 Å². The highest BCUT2D eigenvalue weighted by molar-refractivity contribution is 5.84. The van der Waals surface area contributed by atoms with Crippen LogP contribution in [0.1, 0.15) is 27.7 Å². The Hall–Kier alpha value is -1.10. The second kappa shape index (κ2) is 4.23. The molecule has 0 amide bonds. The molecular weight excluding hydrogens is 176 g/mol. The minimum Gasteiger partial charge on any atom is -0.428 e. The molecular formula is C8H14O5. The fraction of sp³-hybridized carbons (Fsp3) is 0.750. The summed E-state index contributed by atoms with van der Waals surface area (Å²) in [6, 6.07) is 0. The van der Waals surface area contributed by atoms with Crippen LogP contribution in [0.4, 0.5) is 4.79 Å². The number of aliphatic hydroxyl groups is 1. The topological polar surface area (TPSA) is 72.8 Å². The van der Waals surface area contributed by atoms with Crippen LogP contribution in [0.5, 0.6) is 0 Å². The molecule has 0 aliphatic rings. The summed E-state index contributed by atoms with van der Waals surface area (Å²) in [5.41, 5.74) is -0.712. The van der Waals surface area contributed by atoms with Gasteiger partial charge in [-0.25, -0.2) is 9.59 Å². The van der Waals surface area contributed by atoms with E-state index in [9.17, 15) is 9.59 Å². The molecule has 0 aliphatic carbocycles. The zero-order valence-electron chi connectivity index (χ0n) is 8.16. The molecule has 76 valence electrons. The molecule has 5 nitrogen and oxygen atoms in total. The maximum atomic E-state index is 10.8. The van der Waals surface area contributed by atoms with Gasteiger partial charge in [-0.3, -0.25) is 0 Å². The number of hydrogen-bond donors (Lipinski definition) is 1. The number of carbonyl (C=O) groups is 2. The van der Waals surface area contributed by atoms with Crippen LogP contribution in [0, 0.1) is 0 Å². The van der Waals surface area contributed by atoms with Crippen molar-refractivity contribution < 1.29 is 24.2 Å². The highest BCUT2D eigenvalue weighted by Crippen LogP contribution is 2.08. The molecule has 0 spiro atoms. The number of esters is 1. The van der Waals surface area contributed by atoms with Crippen LogP contribution in [-0.2, 0) is 14.3 Å². The molecule has 0 aliphatic heterocycles. The summed E-state index contributed by atoms with van der Waals surface area (Å²) < 4.78 is 8.80. The van der Waals surface area contributed by atoms with E-state index in [0.29, 0.717) is 0 Å². The standard InChI is InChI=1S/C8H14O5/c1-5(9)6(10)12-7(11)13-8(2,3)4/h5,9H,1-4H3. The van der Waals surface area contributed by atoms with E-state index >= 15 is 0 Å². The maximum absolute atomic E-state index is 10.8. The minimum atomic E-state index is -1.33. The van der Waals surface area contributed by atoms with Gasteiger partial charge in [-0.05, 0) is 27.7 Å². The maximum Gasteiger partial charge on any atom is 0.516 e. The van der Waals surface area contributed by atoms with E-state index in [-0.39, 0.29) is 0 Å². The summed E-state index contributed by atoms with van der Waals surface area (Å²) in [5.74, 6) is -1.02. The lowest BCUT2D eigenvalue weighted by Crippen LogP contribution is -2.29. The molecule has 1 atom stereocenters. The van der Waals surface area contributed by atoms with Crippen molar-refractivity contribution in [1.82, 2.24) is 0 Å². The van der Waals surface area contributed by atoms with E-state index in [1.807, 2.05) is 0 Å². The summed E-state index contributed by atoms with van der Waals surface area (Å²) in [6.07, 6.45) is -2.43. The third-order valence-electron chi connectivity index (χ3n) is 0.915. The largest absolute Gasteiger partial charge is 0.516 e. The fourth-order valence-electron chi connectivity index (χ4n) is 0.438. The van der Waals surface area contributed by atoms with E-state index < -0.39 is 23.8 Å². The highest BCUT2D eigenvalue weighted by atomic mass is 16.8. The monoisotopic (exact) mass is 190 g/mol. The predicted octanol–water partition coefficient (Wildman–Crippen LogP) is 0.845. The Kier molecular flexibility index (Phi) is 3.87. The van der Waals surface area contributed by atoms with Gasteiger partial charge in [0.25, 0.3) is 0 Å². The van der Waals surface area contributed by atoms with Crippen molar-refractivity contribution in [3.05, 3.63) is 0 Å². The predicted molar refractivity (Wildman–Crippen MR) is 44.0 cm³/mol. The van der Waals surface area contributed by atoms with Crippen molar-refractivity contribution in [3.8, 4) is 0 Å². The first-order valence-electron chi connectivity index (χ1n) is 3.85. The van der Waals surface area contributed by atoms with Gasteiger partial charge in [-0.15, -0.1) is 0 Å². The van der Waals surface area contributed by atoms with Crippen molar-refractivity contribution in [3.63, 3.8) is 0 Å². The first kappa shape index (κ1) is 11.9. The molecule has 0 rings (SSSR count). The molecule has 13 heavy (non-hydrogen) atoms. The average Bonchev–Trinajstić information content (AvgIpc) is 1.81. The quantitative estimate of drug-likeness (QED) is 0.490. The number of hydrogen-bond acceptors (Lipinski definition) is 5. The molecule has 0 aromatic carbocycles. The first-order chi connectivity index (χ1) is 5.72. The third kappa shape index (κ3) is 6.10. The summed E-state index contributed by atoms with van der Waals surface area (Å²) in [6.45, 7) is 6.12. The minimum absolute atomic E-state index is 0.712. The van der Waals surface area contributed by atoms with Gasteiger partial charge >= 0.3 is 12.1 Å². The average molecular weight is 190 g/mol. The van der Waals surface area contributed by atoms with E-state index in [0.717, 1.165) is 0 Å². The van der Waals surface area contributed by atoms with Crippen LogP contribution >= 0.6 is 0 Å². The Morgan fingerprint density at radius 3 is 2.08 bits per heavy atom. The molecule has 0 aromatic rings. The normalized spacial score (nSPS) is 13.3. The first-order valence-corrected chi connectivity index (χ1v) is 3.85. The Labute approximate surface area is 76.6 Å². The molecule has 1 N–H and O–H groups in total. The van der Waals surface area contributed by atoms with Crippen molar-refractivity contribution in [2.24, 2.45) is 0 Å². The summed E-state index contributed by atoms with van der Waals surface area (Å²) in [5, 5.41) is 8.69. The van der Waals surface area contributed by atoms with Crippen LogP contribution in [0.15, 0.2) is 0 Å². The van der Waals surface area contributed by atoms with Crippen molar-refractivity contribution in [2.45, 2.75) is 39.4 Å². The van der Waals surface area contributed by atoms with Crippen LogP contribution in [-0.4, -0.2) is 28.9 Å². The Morgan fingerprint density at radius 1 is 1.31 bits per heavy atom. The van der Waals surface area contributed by atoms with Crippen LogP contribution in [0.3, 0.4) is 0 Å². The lowest BCUT2D eigenvalue weighted by Gasteiger charge is -2.18. The van der Waals surface area contributed by atoms with Gasteiger partial charge in [0.1, 0.15) is 11.7 Å².